The Labute approximate surface area is 115 Å². The maximum absolute atomic E-state index is 2.48. The van der Waals surface area contributed by atoms with Gasteiger partial charge in [0.2, 0.25) is 0 Å². The molecule has 0 heterocycles. The molecular formula is C18H34. The van der Waals surface area contributed by atoms with E-state index < -0.39 is 0 Å². The minimum Gasteiger partial charge on any atom is -0.0854 e. The van der Waals surface area contributed by atoms with Crippen molar-refractivity contribution < 1.29 is 0 Å². The first-order chi connectivity index (χ1) is 8.32. The van der Waals surface area contributed by atoms with Crippen LogP contribution in [0.25, 0.3) is 0 Å². The van der Waals surface area contributed by atoms with Crippen LogP contribution in [0.2, 0.25) is 0 Å². The minimum absolute atomic E-state index is 0.730. The van der Waals surface area contributed by atoms with Gasteiger partial charge in [0.15, 0.2) is 0 Å². The van der Waals surface area contributed by atoms with E-state index in [0.29, 0.717) is 0 Å². The van der Waals surface area contributed by atoms with E-state index in [4.69, 9.17) is 0 Å². The number of rotatable bonds is 7. The summed E-state index contributed by atoms with van der Waals surface area (Å²) in [7, 11) is 0. The molecule has 1 fully saturated rings. The van der Waals surface area contributed by atoms with E-state index in [-0.39, 0.29) is 0 Å². The third kappa shape index (κ3) is 4.78. The van der Waals surface area contributed by atoms with Gasteiger partial charge in [0, 0.05) is 0 Å². The fraction of sp³-hybridized carbons (Fsp3) is 0.889. The van der Waals surface area contributed by atoms with Gasteiger partial charge in [-0.3, -0.25) is 0 Å². The fourth-order valence-electron chi connectivity index (χ4n) is 2.95. The monoisotopic (exact) mass is 250 g/mol. The summed E-state index contributed by atoms with van der Waals surface area (Å²) in [6, 6.07) is 0. The van der Waals surface area contributed by atoms with Gasteiger partial charge in [0.25, 0.3) is 0 Å². The lowest BCUT2D eigenvalue weighted by molar-refractivity contribution is 0.355. The summed E-state index contributed by atoms with van der Waals surface area (Å²) >= 11 is 0. The first-order valence-electron chi connectivity index (χ1n) is 8.01. The van der Waals surface area contributed by atoms with Crippen LogP contribution in [0.3, 0.4) is 0 Å². The van der Waals surface area contributed by atoms with Crippen molar-refractivity contribution in [3.63, 3.8) is 0 Å². The molecule has 1 aliphatic carbocycles. The molecule has 0 nitrogen and oxygen atoms in total. The molecule has 0 spiro atoms. The standard InChI is InChI=1S/C18H34/c1-12(2)15(5)10-13(3)8-9-14(4)17(7)18-11-16(18)6/h8-9,12-18H,10-11H2,1-7H3. The van der Waals surface area contributed by atoms with Gasteiger partial charge in [0.1, 0.15) is 0 Å². The maximum Gasteiger partial charge on any atom is -0.0233 e. The van der Waals surface area contributed by atoms with E-state index in [1.807, 2.05) is 0 Å². The Balaban J connectivity index is 2.33. The van der Waals surface area contributed by atoms with Crippen molar-refractivity contribution in [3.8, 4) is 0 Å². The van der Waals surface area contributed by atoms with Crippen LogP contribution in [0.1, 0.15) is 61.3 Å². The van der Waals surface area contributed by atoms with Gasteiger partial charge >= 0.3 is 0 Å². The maximum atomic E-state index is 2.48. The van der Waals surface area contributed by atoms with E-state index in [1.165, 1.54) is 12.8 Å². The van der Waals surface area contributed by atoms with E-state index >= 15 is 0 Å². The quantitative estimate of drug-likeness (QED) is 0.502. The van der Waals surface area contributed by atoms with Crippen molar-refractivity contribution in [2.24, 2.45) is 41.4 Å². The lowest BCUT2D eigenvalue weighted by atomic mass is 9.86. The van der Waals surface area contributed by atoms with Crippen molar-refractivity contribution in [3.05, 3.63) is 12.2 Å². The predicted octanol–water partition coefficient (Wildman–Crippen LogP) is 5.79. The second kappa shape index (κ2) is 6.78. The van der Waals surface area contributed by atoms with Crippen LogP contribution in [-0.4, -0.2) is 0 Å². The molecular weight excluding hydrogens is 216 g/mol. The second-order valence-electron chi connectivity index (χ2n) is 7.41. The SMILES string of the molecule is CC(C=CC(C)C(C)C1CC1C)CC(C)C(C)C. The molecule has 18 heavy (non-hydrogen) atoms. The molecule has 0 aliphatic heterocycles. The Hall–Kier alpha value is -0.260. The minimum atomic E-state index is 0.730. The summed E-state index contributed by atoms with van der Waals surface area (Å²) < 4.78 is 0. The topological polar surface area (TPSA) is 0 Å². The highest BCUT2D eigenvalue weighted by molar-refractivity contribution is 4.97. The van der Waals surface area contributed by atoms with Gasteiger partial charge in [-0.2, -0.15) is 0 Å². The first-order valence-corrected chi connectivity index (χ1v) is 8.01. The molecule has 1 saturated carbocycles. The van der Waals surface area contributed by atoms with Crippen molar-refractivity contribution in [2.45, 2.75) is 61.3 Å². The summed E-state index contributed by atoms with van der Waals surface area (Å²) in [5, 5.41) is 0. The summed E-state index contributed by atoms with van der Waals surface area (Å²) in [6.07, 6.45) is 7.73. The third-order valence-corrected chi connectivity index (χ3v) is 5.30. The molecule has 1 rings (SSSR count). The molecule has 6 atom stereocenters. The van der Waals surface area contributed by atoms with E-state index in [2.05, 4.69) is 60.6 Å². The Kier molecular flexibility index (Phi) is 5.95. The predicted molar refractivity (Wildman–Crippen MR) is 82.5 cm³/mol. The molecule has 0 amide bonds. The smallest absolute Gasteiger partial charge is 0.0233 e. The second-order valence-corrected chi connectivity index (χ2v) is 7.41. The van der Waals surface area contributed by atoms with Gasteiger partial charge in [-0.1, -0.05) is 60.6 Å². The molecule has 0 bridgehead atoms. The van der Waals surface area contributed by atoms with E-state index in [0.717, 1.165) is 41.4 Å². The van der Waals surface area contributed by atoms with Crippen LogP contribution in [0.15, 0.2) is 12.2 Å². The zero-order valence-corrected chi connectivity index (χ0v) is 13.6. The Morgan fingerprint density at radius 3 is 2.00 bits per heavy atom. The number of allylic oxidation sites excluding steroid dienone is 2. The summed E-state index contributed by atoms with van der Waals surface area (Å²) in [5.41, 5.74) is 0. The normalized spacial score (nSPS) is 30.4. The molecule has 0 radical (unpaired) electrons. The van der Waals surface area contributed by atoms with Crippen molar-refractivity contribution in [1.29, 1.82) is 0 Å². The average Bonchev–Trinajstić information content (AvgIpc) is 3.02. The van der Waals surface area contributed by atoms with Gasteiger partial charge < -0.3 is 0 Å². The third-order valence-electron chi connectivity index (χ3n) is 5.30. The van der Waals surface area contributed by atoms with Crippen LogP contribution in [0.4, 0.5) is 0 Å². The number of hydrogen-bond donors (Lipinski definition) is 0. The molecule has 1 aliphatic rings. The zero-order chi connectivity index (χ0) is 13.9. The average molecular weight is 250 g/mol. The Morgan fingerprint density at radius 1 is 1.00 bits per heavy atom. The lowest BCUT2D eigenvalue weighted by Gasteiger charge is -2.20. The highest BCUT2D eigenvalue weighted by Gasteiger charge is 2.38. The van der Waals surface area contributed by atoms with E-state index in [9.17, 15) is 0 Å². The van der Waals surface area contributed by atoms with Crippen molar-refractivity contribution in [2.75, 3.05) is 0 Å². The molecule has 106 valence electrons. The molecule has 0 aromatic rings. The number of hydrogen-bond acceptors (Lipinski definition) is 0. The van der Waals surface area contributed by atoms with Crippen LogP contribution in [0.5, 0.6) is 0 Å². The molecule has 0 N–H and O–H groups in total. The first kappa shape index (κ1) is 15.8. The van der Waals surface area contributed by atoms with Crippen molar-refractivity contribution in [1.82, 2.24) is 0 Å². The highest BCUT2D eigenvalue weighted by atomic mass is 14.4. The summed E-state index contributed by atoms with van der Waals surface area (Å²) in [4.78, 5) is 0. The zero-order valence-electron chi connectivity index (χ0n) is 13.6. The van der Waals surface area contributed by atoms with Gasteiger partial charge in [0.05, 0.1) is 0 Å². The Bertz CT molecular complexity index is 263. The molecule has 0 heteroatoms. The van der Waals surface area contributed by atoms with Crippen LogP contribution >= 0.6 is 0 Å². The summed E-state index contributed by atoms with van der Waals surface area (Å²) in [5.74, 6) is 5.96. The van der Waals surface area contributed by atoms with Crippen LogP contribution < -0.4 is 0 Å². The van der Waals surface area contributed by atoms with Crippen molar-refractivity contribution >= 4 is 0 Å². The van der Waals surface area contributed by atoms with E-state index in [1.54, 1.807) is 0 Å². The van der Waals surface area contributed by atoms with Gasteiger partial charge in [-0.25, -0.2) is 0 Å². The largest absolute Gasteiger partial charge is 0.0854 e. The molecule has 6 unspecified atom stereocenters. The van der Waals surface area contributed by atoms with Gasteiger partial charge in [-0.15, -0.1) is 0 Å². The summed E-state index contributed by atoms with van der Waals surface area (Å²) in [6.45, 7) is 16.6. The van der Waals surface area contributed by atoms with Crippen LogP contribution in [-0.2, 0) is 0 Å². The molecule has 0 aromatic heterocycles. The van der Waals surface area contributed by atoms with Gasteiger partial charge in [-0.05, 0) is 54.3 Å². The fourth-order valence-corrected chi connectivity index (χ4v) is 2.95. The Morgan fingerprint density at radius 2 is 1.56 bits per heavy atom. The molecule has 0 saturated heterocycles. The van der Waals surface area contributed by atoms with Crippen LogP contribution in [0, 0.1) is 41.4 Å². The highest BCUT2D eigenvalue weighted by Crippen LogP contribution is 2.46. The molecule has 0 aromatic carbocycles. The lowest BCUT2D eigenvalue weighted by Crippen LogP contribution is -2.10.